The van der Waals surface area contributed by atoms with E-state index in [0.29, 0.717) is 0 Å². The van der Waals surface area contributed by atoms with Crippen molar-refractivity contribution in [2.45, 2.75) is 26.2 Å². The van der Waals surface area contributed by atoms with E-state index < -0.39 is 0 Å². The van der Waals surface area contributed by atoms with Crippen molar-refractivity contribution >= 4 is 6.08 Å². The van der Waals surface area contributed by atoms with E-state index in [1.54, 1.807) is 6.08 Å². The van der Waals surface area contributed by atoms with E-state index in [1.807, 2.05) is 36.4 Å². The van der Waals surface area contributed by atoms with Crippen LogP contribution in [-0.4, -0.2) is 0 Å². The molecule has 0 atom stereocenters. The highest BCUT2D eigenvalue weighted by Gasteiger charge is 2.13. The fraction of sp³-hybridized carbons (Fsp3) is 0.200. The standard InChI is InChI=1S/C20H18N2/c1-20(2,3)19-9-7-17(8-10-19)18-6-4-5-15(12-18)11-16(13-21)14-22/h4-12H,1-3H3. The second-order valence-corrected chi connectivity index (χ2v) is 6.23. The summed E-state index contributed by atoms with van der Waals surface area (Å²) in [7, 11) is 0. The van der Waals surface area contributed by atoms with Crippen LogP contribution in [0, 0.1) is 22.7 Å². The maximum Gasteiger partial charge on any atom is 0.130 e. The maximum absolute atomic E-state index is 8.84. The van der Waals surface area contributed by atoms with E-state index in [9.17, 15) is 0 Å². The van der Waals surface area contributed by atoms with Gasteiger partial charge >= 0.3 is 0 Å². The number of hydrogen-bond acceptors (Lipinski definition) is 2. The zero-order valence-electron chi connectivity index (χ0n) is 13.1. The first-order chi connectivity index (χ1) is 10.4. The van der Waals surface area contributed by atoms with E-state index in [4.69, 9.17) is 10.5 Å². The average molecular weight is 286 g/mol. The van der Waals surface area contributed by atoms with Crippen LogP contribution in [-0.2, 0) is 5.41 Å². The normalized spacial score (nSPS) is 10.4. The van der Waals surface area contributed by atoms with Crippen LogP contribution in [0.4, 0.5) is 0 Å². The highest BCUT2D eigenvalue weighted by molar-refractivity contribution is 5.70. The molecular weight excluding hydrogens is 268 g/mol. The van der Waals surface area contributed by atoms with Gasteiger partial charge in [0, 0.05) is 0 Å². The summed E-state index contributed by atoms with van der Waals surface area (Å²) in [6.45, 7) is 6.58. The fourth-order valence-electron chi connectivity index (χ4n) is 2.23. The van der Waals surface area contributed by atoms with Crippen molar-refractivity contribution in [2.75, 3.05) is 0 Å². The molecule has 0 heterocycles. The van der Waals surface area contributed by atoms with E-state index in [2.05, 4.69) is 45.0 Å². The lowest BCUT2D eigenvalue weighted by Crippen LogP contribution is -2.10. The molecule has 108 valence electrons. The molecule has 2 rings (SSSR count). The van der Waals surface area contributed by atoms with E-state index in [0.717, 1.165) is 16.7 Å². The van der Waals surface area contributed by atoms with Gasteiger partial charge in [-0.25, -0.2) is 0 Å². The van der Waals surface area contributed by atoms with Crippen molar-refractivity contribution in [2.24, 2.45) is 0 Å². The fourth-order valence-corrected chi connectivity index (χ4v) is 2.23. The van der Waals surface area contributed by atoms with Crippen molar-refractivity contribution in [1.82, 2.24) is 0 Å². The number of allylic oxidation sites excluding steroid dienone is 1. The molecule has 0 unspecified atom stereocenters. The molecule has 0 aliphatic heterocycles. The second-order valence-electron chi connectivity index (χ2n) is 6.23. The molecule has 0 fully saturated rings. The van der Waals surface area contributed by atoms with Crippen molar-refractivity contribution in [3.8, 4) is 23.3 Å². The van der Waals surface area contributed by atoms with Crippen LogP contribution in [0.5, 0.6) is 0 Å². The lowest BCUT2D eigenvalue weighted by molar-refractivity contribution is 0.590. The Balaban J connectivity index is 2.37. The van der Waals surface area contributed by atoms with Crippen molar-refractivity contribution < 1.29 is 0 Å². The Morgan fingerprint density at radius 1 is 0.909 bits per heavy atom. The van der Waals surface area contributed by atoms with Gasteiger partial charge < -0.3 is 0 Å². The molecule has 0 amide bonds. The minimum Gasteiger partial charge on any atom is -0.192 e. The first-order valence-electron chi connectivity index (χ1n) is 7.17. The third kappa shape index (κ3) is 3.62. The number of hydrogen-bond donors (Lipinski definition) is 0. The SMILES string of the molecule is CC(C)(C)c1ccc(-c2cccc(C=C(C#N)C#N)c2)cc1. The Hall–Kier alpha value is -2.84. The van der Waals surface area contributed by atoms with Gasteiger partial charge in [-0.1, -0.05) is 63.2 Å². The van der Waals surface area contributed by atoms with Crippen molar-refractivity contribution in [1.29, 1.82) is 10.5 Å². The maximum atomic E-state index is 8.84. The number of nitrogens with zero attached hydrogens (tertiary/aromatic N) is 2. The van der Waals surface area contributed by atoms with Crippen LogP contribution < -0.4 is 0 Å². The third-order valence-electron chi connectivity index (χ3n) is 3.52. The monoisotopic (exact) mass is 286 g/mol. The molecule has 0 aliphatic carbocycles. The molecule has 0 saturated heterocycles. The van der Waals surface area contributed by atoms with Gasteiger partial charge in [0.25, 0.3) is 0 Å². The zero-order chi connectivity index (χ0) is 16.2. The van der Waals surface area contributed by atoms with Gasteiger partial charge in [-0.2, -0.15) is 10.5 Å². The lowest BCUT2D eigenvalue weighted by Gasteiger charge is -2.19. The molecule has 22 heavy (non-hydrogen) atoms. The smallest absolute Gasteiger partial charge is 0.130 e. The molecule has 2 aromatic carbocycles. The zero-order valence-corrected chi connectivity index (χ0v) is 13.1. The van der Waals surface area contributed by atoms with Gasteiger partial charge in [0.2, 0.25) is 0 Å². The molecule has 0 N–H and O–H groups in total. The van der Waals surface area contributed by atoms with Gasteiger partial charge in [-0.3, -0.25) is 0 Å². The van der Waals surface area contributed by atoms with Gasteiger partial charge in [-0.15, -0.1) is 0 Å². The van der Waals surface area contributed by atoms with Gasteiger partial charge in [-0.05, 0) is 39.8 Å². The summed E-state index contributed by atoms with van der Waals surface area (Å²) >= 11 is 0. The summed E-state index contributed by atoms with van der Waals surface area (Å²) in [4.78, 5) is 0. The highest BCUT2D eigenvalue weighted by Crippen LogP contribution is 2.26. The average Bonchev–Trinajstić information content (AvgIpc) is 2.52. The highest BCUT2D eigenvalue weighted by atomic mass is 14.3. The molecule has 2 heteroatoms. The number of rotatable bonds is 2. The van der Waals surface area contributed by atoms with E-state index in [1.165, 1.54) is 5.56 Å². The summed E-state index contributed by atoms with van der Waals surface area (Å²) in [5, 5.41) is 17.7. The molecular formula is C20H18N2. The first-order valence-corrected chi connectivity index (χ1v) is 7.17. The topological polar surface area (TPSA) is 47.6 Å². The second kappa shape index (κ2) is 6.29. The van der Waals surface area contributed by atoms with Crippen LogP contribution in [0.1, 0.15) is 31.9 Å². The molecule has 0 aromatic heterocycles. The molecule has 0 bridgehead atoms. The van der Waals surface area contributed by atoms with Crippen molar-refractivity contribution in [3.63, 3.8) is 0 Å². The quantitative estimate of drug-likeness (QED) is 0.722. The molecule has 2 aromatic rings. The summed E-state index contributed by atoms with van der Waals surface area (Å²) in [6.07, 6.45) is 1.60. The summed E-state index contributed by atoms with van der Waals surface area (Å²) in [5.41, 5.74) is 4.60. The van der Waals surface area contributed by atoms with Gasteiger partial charge in [0.1, 0.15) is 17.7 Å². The Kier molecular flexibility index (Phi) is 4.44. The summed E-state index contributed by atoms with van der Waals surface area (Å²) in [5.74, 6) is 0. The Labute approximate surface area is 132 Å². The minimum atomic E-state index is 0.111. The number of benzene rings is 2. The Morgan fingerprint density at radius 2 is 1.55 bits per heavy atom. The third-order valence-corrected chi connectivity index (χ3v) is 3.52. The van der Waals surface area contributed by atoms with Crippen molar-refractivity contribution in [3.05, 3.63) is 65.2 Å². The predicted octanol–water partition coefficient (Wildman–Crippen LogP) is 5.08. The molecule has 0 aliphatic rings. The number of nitriles is 2. The van der Waals surface area contributed by atoms with Gasteiger partial charge in [0.15, 0.2) is 0 Å². The molecule has 0 saturated carbocycles. The molecule has 2 nitrogen and oxygen atoms in total. The van der Waals surface area contributed by atoms with Crippen LogP contribution in [0.25, 0.3) is 17.2 Å². The van der Waals surface area contributed by atoms with E-state index >= 15 is 0 Å². The summed E-state index contributed by atoms with van der Waals surface area (Å²) in [6, 6.07) is 20.1. The van der Waals surface area contributed by atoms with Crippen LogP contribution in [0.3, 0.4) is 0 Å². The van der Waals surface area contributed by atoms with Gasteiger partial charge in [0.05, 0.1) is 0 Å². The minimum absolute atomic E-state index is 0.111. The first kappa shape index (κ1) is 15.5. The van der Waals surface area contributed by atoms with Crippen LogP contribution in [0.15, 0.2) is 54.1 Å². The Bertz CT molecular complexity index is 760. The van der Waals surface area contributed by atoms with Crippen LogP contribution in [0.2, 0.25) is 0 Å². The lowest BCUT2D eigenvalue weighted by atomic mass is 9.86. The van der Waals surface area contributed by atoms with E-state index in [-0.39, 0.29) is 11.0 Å². The molecule has 0 spiro atoms. The molecule has 0 radical (unpaired) electrons. The largest absolute Gasteiger partial charge is 0.192 e. The Morgan fingerprint density at radius 3 is 2.09 bits per heavy atom. The summed E-state index contributed by atoms with van der Waals surface area (Å²) < 4.78 is 0. The predicted molar refractivity (Wildman–Crippen MR) is 89.8 cm³/mol. The van der Waals surface area contributed by atoms with Crippen LogP contribution >= 0.6 is 0 Å².